The first-order chi connectivity index (χ1) is 7.57. The van der Waals surface area contributed by atoms with E-state index in [2.05, 4.69) is 31.1 Å². The minimum atomic E-state index is -0.304. The summed E-state index contributed by atoms with van der Waals surface area (Å²) in [4.78, 5) is 4.38. The molecule has 0 unspecified atom stereocenters. The number of nitrogens with zero attached hydrogens (tertiary/aromatic N) is 1. The van der Waals surface area contributed by atoms with E-state index >= 15 is 0 Å². The first kappa shape index (κ1) is 13.6. The van der Waals surface area contributed by atoms with Gasteiger partial charge in [0.2, 0.25) is 5.88 Å². The van der Waals surface area contributed by atoms with Crippen molar-refractivity contribution in [3.05, 3.63) is 12.1 Å². The topological polar surface area (TPSA) is 60.2 Å². The van der Waals surface area contributed by atoms with E-state index in [9.17, 15) is 0 Å². The summed E-state index contributed by atoms with van der Waals surface area (Å²) in [6.45, 7) is 12.1. The van der Waals surface area contributed by atoms with Crippen molar-refractivity contribution in [2.24, 2.45) is 0 Å². The van der Waals surface area contributed by atoms with Gasteiger partial charge >= 0.3 is 0 Å². The zero-order valence-corrected chi connectivity index (χ0v) is 11.6. The maximum Gasteiger partial charge on any atom is 0.239 e. The van der Waals surface area contributed by atoms with Crippen molar-refractivity contribution in [1.29, 1.82) is 0 Å². The molecule has 0 aliphatic carbocycles. The number of nitrogen functional groups attached to an aromatic ring is 1. The van der Waals surface area contributed by atoms with Crippen LogP contribution in [0.3, 0.4) is 0 Å². The van der Waals surface area contributed by atoms with Crippen LogP contribution in [-0.4, -0.2) is 16.1 Å². The summed E-state index contributed by atoms with van der Waals surface area (Å²) in [5, 5.41) is 3.29. The van der Waals surface area contributed by atoms with Gasteiger partial charge in [-0.2, -0.15) is 4.98 Å². The Labute approximate surface area is 104 Å². The molecule has 0 atom stereocenters. The van der Waals surface area contributed by atoms with Crippen LogP contribution in [0.4, 0.5) is 11.5 Å². The van der Waals surface area contributed by atoms with Crippen LogP contribution in [0.1, 0.15) is 41.5 Å². The number of pyridine rings is 1. The highest BCUT2D eigenvalue weighted by Crippen LogP contribution is 2.25. The summed E-state index contributed by atoms with van der Waals surface area (Å²) < 4.78 is 5.71. The first-order valence-corrected chi connectivity index (χ1v) is 5.80. The molecule has 0 aliphatic rings. The number of anilines is 2. The Hall–Kier alpha value is -1.45. The molecule has 1 aromatic heterocycles. The predicted molar refractivity (Wildman–Crippen MR) is 72.4 cm³/mol. The molecule has 96 valence electrons. The van der Waals surface area contributed by atoms with E-state index in [4.69, 9.17) is 10.5 Å². The molecule has 1 rings (SSSR count). The Bertz CT molecular complexity index is 389. The van der Waals surface area contributed by atoms with Crippen LogP contribution < -0.4 is 15.8 Å². The zero-order chi connectivity index (χ0) is 13.3. The molecule has 1 aromatic rings. The van der Waals surface area contributed by atoms with Crippen molar-refractivity contribution < 1.29 is 4.74 Å². The monoisotopic (exact) mass is 237 g/mol. The van der Waals surface area contributed by atoms with Crippen LogP contribution in [0.25, 0.3) is 0 Å². The van der Waals surface area contributed by atoms with Gasteiger partial charge in [-0.25, -0.2) is 0 Å². The summed E-state index contributed by atoms with van der Waals surface area (Å²) in [6, 6.07) is 3.66. The predicted octanol–water partition coefficient (Wildman–Crippen LogP) is 3.05. The molecule has 0 saturated heterocycles. The molecule has 4 heteroatoms. The van der Waals surface area contributed by atoms with Crippen LogP contribution in [0.15, 0.2) is 12.1 Å². The molecule has 17 heavy (non-hydrogen) atoms. The van der Waals surface area contributed by atoms with Gasteiger partial charge in [-0.05, 0) is 53.7 Å². The third-order valence-corrected chi connectivity index (χ3v) is 1.80. The maximum atomic E-state index is 5.85. The lowest BCUT2D eigenvalue weighted by molar-refractivity contribution is 0.125. The number of hydrogen-bond donors (Lipinski definition) is 2. The Morgan fingerprint density at radius 3 is 2.18 bits per heavy atom. The van der Waals surface area contributed by atoms with Gasteiger partial charge in [0, 0.05) is 5.54 Å². The van der Waals surface area contributed by atoms with Gasteiger partial charge in [-0.1, -0.05) is 0 Å². The normalized spacial score (nSPS) is 12.4. The van der Waals surface area contributed by atoms with Crippen LogP contribution in [0, 0.1) is 0 Å². The molecule has 0 aliphatic heterocycles. The number of aromatic nitrogens is 1. The van der Waals surface area contributed by atoms with Gasteiger partial charge in [0.05, 0.1) is 5.69 Å². The molecule has 0 saturated carbocycles. The fraction of sp³-hybridized carbons (Fsp3) is 0.615. The number of nitrogens with two attached hydrogens (primary N) is 1. The second kappa shape index (κ2) is 4.43. The van der Waals surface area contributed by atoms with Crippen LogP contribution in [-0.2, 0) is 0 Å². The summed E-state index contributed by atoms with van der Waals surface area (Å²) in [5.74, 6) is 1.25. The van der Waals surface area contributed by atoms with Crippen molar-refractivity contribution in [3.8, 4) is 5.88 Å². The van der Waals surface area contributed by atoms with Gasteiger partial charge in [-0.3, -0.25) is 0 Å². The Kier molecular flexibility index (Phi) is 3.55. The average molecular weight is 237 g/mol. The summed E-state index contributed by atoms with van der Waals surface area (Å²) in [6.07, 6.45) is 0. The third kappa shape index (κ3) is 4.93. The van der Waals surface area contributed by atoms with Gasteiger partial charge in [-0.15, -0.1) is 0 Å². The molecule has 1 heterocycles. The van der Waals surface area contributed by atoms with E-state index < -0.39 is 0 Å². The Morgan fingerprint density at radius 1 is 1.12 bits per heavy atom. The molecular formula is C13H23N3O. The van der Waals surface area contributed by atoms with Crippen molar-refractivity contribution in [2.75, 3.05) is 11.1 Å². The fourth-order valence-electron chi connectivity index (χ4n) is 1.28. The van der Waals surface area contributed by atoms with Crippen molar-refractivity contribution in [2.45, 2.75) is 52.7 Å². The van der Waals surface area contributed by atoms with Crippen molar-refractivity contribution >= 4 is 11.5 Å². The largest absolute Gasteiger partial charge is 0.470 e. The SMILES string of the molecule is CC(C)(C)Nc1ccc(N)c(OC(C)(C)C)n1. The minimum absolute atomic E-state index is 0.0396. The molecule has 3 N–H and O–H groups in total. The first-order valence-electron chi connectivity index (χ1n) is 5.80. The lowest BCUT2D eigenvalue weighted by Gasteiger charge is -2.24. The maximum absolute atomic E-state index is 5.85. The van der Waals surface area contributed by atoms with Crippen molar-refractivity contribution in [3.63, 3.8) is 0 Å². The lowest BCUT2D eigenvalue weighted by Crippen LogP contribution is -2.27. The number of nitrogens with one attached hydrogen (secondary N) is 1. The zero-order valence-electron chi connectivity index (χ0n) is 11.6. The van der Waals surface area contributed by atoms with E-state index in [1.807, 2.05) is 32.9 Å². The second-order valence-corrected chi connectivity index (χ2v) is 6.18. The van der Waals surface area contributed by atoms with Gasteiger partial charge in [0.1, 0.15) is 11.4 Å². The van der Waals surface area contributed by atoms with E-state index in [0.29, 0.717) is 11.6 Å². The van der Waals surface area contributed by atoms with E-state index in [0.717, 1.165) is 5.82 Å². The highest BCUT2D eigenvalue weighted by Gasteiger charge is 2.17. The molecule has 0 aromatic carbocycles. The summed E-state index contributed by atoms with van der Waals surface area (Å²) >= 11 is 0. The fourth-order valence-corrected chi connectivity index (χ4v) is 1.28. The summed E-state index contributed by atoms with van der Waals surface area (Å²) in [5.41, 5.74) is 6.06. The molecule has 4 nitrogen and oxygen atoms in total. The second-order valence-electron chi connectivity index (χ2n) is 6.18. The van der Waals surface area contributed by atoms with Gasteiger partial charge in [0.15, 0.2) is 0 Å². The highest BCUT2D eigenvalue weighted by molar-refractivity contribution is 5.54. The van der Waals surface area contributed by atoms with Crippen LogP contribution in [0.2, 0.25) is 0 Å². The number of ether oxygens (including phenoxy) is 1. The van der Waals surface area contributed by atoms with Crippen molar-refractivity contribution in [1.82, 2.24) is 4.98 Å². The lowest BCUT2D eigenvalue weighted by atomic mass is 10.1. The minimum Gasteiger partial charge on any atom is -0.470 e. The van der Waals surface area contributed by atoms with Crippen LogP contribution >= 0.6 is 0 Å². The molecular weight excluding hydrogens is 214 g/mol. The van der Waals surface area contributed by atoms with Gasteiger partial charge < -0.3 is 15.8 Å². The molecule has 0 bridgehead atoms. The Balaban J connectivity index is 2.95. The van der Waals surface area contributed by atoms with E-state index in [1.54, 1.807) is 0 Å². The quantitative estimate of drug-likeness (QED) is 0.830. The van der Waals surface area contributed by atoms with Gasteiger partial charge in [0.25, 0.3) is 0 Å². The molecule has 0 amide bonds. The van der Waals surface area contributed by atoms with E-state index in [-0.39, 0.29) is 11.1 Å². The smallest absolute Gasteiger partial charge is 0.239 e. The molecule has 0 radical (unpaired) electrons. The molecule has 0 spiro atoms. The van der Waals surface area contributed by atoms with Crippen LogP contribution in [0.5, 0.6) is 5.88 Å². The number of hydrogen-bond acceptors (Lipinski definition) is 4. The number of rotatable bonds is 2. The summed E-state index contributed by atoms with van der Waals surface area (Å²) in [7, 11) is 0. The van der Waals surface area contributed by atoms with E-state index in [1.165, 1.54) is 0 Å². The standard InChI is InChI=1S/C13H23N3O/c1-12(2,3)16-10-8-7-9(14)11(15-10)17-13(4,5)6/h7-8H,14H2,1-6H3,(H,15,16). The molecule has 0 fully saturated rings. The Morgan fingerprint density at radius 2 is 1.71 bits per heavy atom. The highest BCUT2D eigenvalue weighted by atomic mass is 16.5. The average Bonchev–Trinajstić information content (AvgIpc) is 2.05. The third-order valence-electron chi connectivity index (χ3n) is 1.80.